The van der Waals surface area contributed by atoms with Gasteiger partial charge < -0.3 is 19.7 Å². The van der Waals surface area contributed by atoms with Crippen molar-refractivity contribution in [1.29, 1.82) is 0 Å². The molecule has 1 aromatic rings. The molecule has 0 radical (unpaired) electrons. The van der Waals surface area contributed by atoms with Crippen LogP contribution in [-0.2, 0) is 4.74 Å². The number of halogens is 1. The summed E-state index contributed by atoms with van der Waals surface area (Å²) in [6.45, 7) is 2.99. The van der Waals surface area contributed by atoms with E-state index in [9.17, 15) is 9.90 Å². The molecule has 1 unspecified atom stereocenters. The van der Waals surface area contributed by atoms with Crippen LogP contribution in [0.4, 0.5) is 0 Å². The van der Waals surface area contributed by atoms with Gasteiger partial charge in [-0.25, -0.2) is 4.79 Å². The van der Waals surface area contributed by atoms with Gasteiger partial charge in [0, 0.05) is 6.61 Å². The van der Waals surface area contributed by atoms with Crippen molar-refractivity contribution in [3.8, 4) is 5.75 Å². The summed E-state index contributed by atoms with van der Waals surface area (Å²) in [5, 5.41) is 18.6. The van der Waals surface area contributed by atoms with Gasteiger partial charge in [-0.1, -0.05) is 13.3 Å². The molecule has 0 saturated heterocycles. The zero-order chi connectivity index (χ0) is 15.0. The van der Waals surface area contributed by atoms with Crippen LogP contribution in [0.1, 0.15) is 30.1 Å². The molecule has 0 fully saturated rings. The Bertz CT molecular complexity index is 436. The number of carboxylic acids is 1. The van der Waals surface area contributed by atoms with Crippen LogP contribution >= 0.6 is 22.6 Å². The number of unbranched alkanes of at least 4 members (excludes halogenated alkanes) is 1. The molecule has 1 aromatic carbocycles. The van der Waals surface area contributed by atoms with Crippen LogP contribution in [0.25, 0.3) is 0 Å². The van der Waals surface area contributed by atoms with Gasteiger partial charge >= 0.3 is 5.97 Å². The molecule has 0 aromatic heterocycles. The van der Waals surface area contributed by atoms with E-state index in [1.165, 1.54) is 12.1 Å². The third-order valence-electron chi connectivity index (χ3n) is 2.56. The molecule has 0 aliphatic rings. The third-order valence-corrected chi connectivity index (χ3v) is 3.45. The molecule has 6 heteroatoms. The van der Waals surface area contributed by atoms with Crippen LogP contribution in [0.2, 0.25) is 0 Å². The van der Waals surface area contributed by atoms with E-state index in [2.05, 4.69) is 29.5 Å². The first-order chi connectivity index (χ1) is 9.54. The molecule has 5 nitrogen and oxygen atoms in total. The van der Waals surface area contributed by atoms with E-state index >= 15 is 0 Å². The summed E-state index contributed by atoms with van der Waals surface area (Å²) >= 11 is 2.06. The Morgan fingerprint density at radius 3 is 2.80 bits per heavy atom. The fourth-order valence-corrected chi connectivity index (χ4v) is 1.94. The highest BCUT2D eigenvalue weighted by Gasteiger charge is 2.10. The molecule has 1 rings (SSSR count). The molecule has 2 N–H and O–H groups in total. The number of aromatic carboxylic acids is 1. The first kappa shape index (κ1) is 17.2. The van der Waals surface area contributed by atoms with E-state index in [0.29, 0.717) is 12.4 Å². The van der Waals surface area contributed by atoms with E-state index in [1.807, 2.05) is 0 Å². The average Bonchev–Trinajstić information content (AvgIpc) is 2.42. The Labute approximate surface area is 132 Å². The van der Waals surface area contributed by atoms with Crippen molar-refractivity contribution >= 4 is 28.6 Å². The predicted molar refractivity (Wildman–Crippen MR) is 83.3 cm³/mol. The van der Waals surface area contributed by atoms with E-state index < -0.39 is 12.1 Å². The number of hydrogen-bond donors (Lipinski definition) is 2. The van der Waals surface area contributed by atoms with Crippen molar-refractivity contribution in [3.63, 3.8) is 0 Å². The van der Waals surface area contributed by atoms with E-state index in [4.69, 9.17) is 14.6 Å². The minimum absolute atomic E-state index is 0.0746. The van der Waals surface area contributed by atoms with Gasteiger partial charge in [0.05, 0.1) is 15.7 Å². The topological polar surface area (TPSA) is 76.0 Å². The minimum atomic E-state index is -1.00. The van der Waals surface area contributed by atoms with Gasteiger partial charge in [-0.3, -0.25) is 0 Å². The normalized spacial score (nSPS) is 12.2. The standard InChI is InChI=1S/C14H19IO5/c1-2-3-6-19-8-11(16)9-20-13-7-10(14(17)18)4-5-12(13)15/h4-5,7,11,16H,2-3,6,8-9H2,1H3,(H,17,18). The lowest BCUT2D eigenvalue weighted by molar-refractivity contribution is 0.0111. The Kier molecular flexibility index (Phi) is 7.86. The molecular formula is C14H19IO5. The molecule has 0 aliphatic heterocycles. The van der Waals surface area contributed by atoms with Crippen LogP contribution in [-0.4, -0.2) is 42.1 Å². The van der Waals surface area contributed by atoms with Crippen LogP contribution < -0.4 is 4.74 Å². The summed E-state index contributed by atoms with van der Waals surface area (Å²) < 4.78 is 11.5. The van der Waals surface area contributed by atoms with E-state index in [1.54, 1.807) is 6.07 Å². The van der Waals surface area contributed by atoms with Gasteiger partial charge in [-0.05, 0) is 47.2 Å². The zero-order valence-corrected chi connectivity index (χ0v) is 13.5. The molecule has 1 atom stereocenters. The Hall–Kier alpha value is -0.860. The number of benzene rings is 1. The molecular weight excluding hydrogens is 375 g/mol. The second-order valence-electron chi connectivity index (χ2n) is 4.34. The van der Waals surface area contributed by atoms with Gasteiger partial charge in [-0.2, -0.15) is 0 Å². The Morgan fingerprint density at radius 2 is 2.15 bits per heavy atom. The van der Waals surface area contributed by atoms with Crippen molar-refractivity contribution in [3.05, 3.63) is 27.3 Å². The van der Waals surface area contributed by atoms with Crippen molar-refractivity contribution < 1.29 is 24.5 Å². The average molecular weight is 394 g/mol. The van der Waals surface area contributed by atoms with Gasteiger partial charge in [-0.15, -0.1) is 0 Å². The molecule has 0 heterocycles. The largest absolute Gasteiger partial charge is 0.490 e. The van der Waals surface area contributed by atoms with Crippen molar-refractivity contribution in [2.24, 2.45) is 0 Å². The number of carboxylic acid groups (broad SMARTS) is 1. The Morgan fingerprint density at radius 1 is 1.40 bits per heavy atom. The highest BCUT2D eigenvalue weighted by molar-refractivity contribution is 14.1. The molecule has 0 bridgehead atoms. The SMILES string of the molecule is CCCCOCC(O)COc1cc(C(=O)O)ccc1I. The number of aliphatic hydroxyl groups excluding tert-OH is 1. The highest BCUT2D eigenvalue weighted by Crippen LogP contribution is 2.22. The Balaban J connectivity index is 2.44. The first-order valence-electron chi connectivity index (χ1n) is 6.46. The highest BCUT2D eigenvalue weighted by atomic mass is 127. The smallest absolute Gasteiger partial charge is 0.335 e. The quantitative estimate of drug-likeness (QED) is 0.498. The van der Waals surface area contributed by atoms with Gasteiger partial charge in [0.2, 0.25) is 0 Å². The van der Waals surface area contributed by atoms with Crippen LogP contribution in [0, 0.1) is 3.57 Å². The molecule has 20 heavy (non-hydrogen) atoms. The monoisotopic (exact) mass is 394 g/mol. The lowest BCUT2D eigenvalue weighted by Crippen LogP contribution is -2.24. The minimum Gasteiger partial charge on any atom is -0.490 e. The van der Waals surface area contributed by atoms with Crippen LogP contribution in [0.3, 0.4) is 0 Å². The lowest BCUT2D eigenvalue weighted by atomic mass is 10.2. The summed E-state index contributed by atoms with van der Waals surface area (Å²) in [6.07, 6.45) is 1.29. The maximum atomic E-state index is 10.9. The number of carbonyl (C=O) groups is 1. The molecule has 0 saturated carbocycles. The van der Waals surface area contributed by atoms with E-state index in [0.717, 1.165) is 16.4 Å². The van der Waals surface area contributed by atoms with Crippen molar-refractivity contribution in [1.82, 2.24) is 0 Å². The predicted octanol–water partition coefficient (Wildman–Crippen LogP) is 2.55. The van der Waals surface area contributed by atoms with Gasteiger partial charge in [0.25, 0.3) is 0 Å². The first-order valence-corrected chi connectivity index (χ1v) is 7.54. The second kappa shape index (κ2) is 9.15. The number of rotatable bonds is 9. The molecule has 0 aliphatic carbocycles. The van der Waals surface area contributed by atoms with Gasteiger partial charge in [0.1, 0.15) is 18.5 Å². The van der Waals surface area contributed by atoms with Gasteiger partial charge in [0.15, 0.2) is 0 Å². The third kappa shape index (κ3) is 6.06. The maximum absolute atomic E-state index is 10.9. The maximum Gasteiger partial charge on any atom is 0.335 e. The summed E-state index contributed by atoms with van der Waals surface area (Å²) in [4.78, 5) is 10.9. The second-order valence-corrected chi connectivity index (χ2v) is 5.51. The molecule has 0 spiro atoms. The van der Waals surface area contributed by atoms with Crippen molar-refractivity contribution in [2.45, 2.75) is 25.9 Å². The molecule has 0 amide bonds. The van der Waals surface area contributed by atoms with Crippen molar-refractivity contribution in [2.75, 3.05) is 19.8 Å². The number of aliphatic hydroxyl groups is 1. The fraction of sp³-hybridized carbons (Fsp3) is 0.500. The zero-order valence-electron chi connectivity index (χ0n) is 11.3. The van der Waals surface area contributed by atoms with Crippen LogP contribution in [0.5, 0.6) is 5.75 Å². The summed E-state index contributed by atoms with van der Waals surface area (Å²) in [5.41, 5.74) is 0.161. The molecule has 112 valence electrons. The summed E-state index contributed by atoms with van der Waals surface area (Å²) in [5.74, 6) is -0.548. The summed E-state index contributed by atoms with van der Waals surface area (Å²) in [6, 6.07) is 4.64. The fourth-order valence-electron chi connectivity index (χ4n) is 1.45. The van der Waals surface area contributed by atoms with E-state index in [-0.39, 0.29) is 18.8 Å². The lowest BCUT2D eigenvalue weighted by Gasteiger charge is -2.14. The number of ether oxygens (including phenoxy) is 2. The summed E-state index contributed by atoms with van der Waals surface area (Å²) in [7, 11) is 0. The number of hydrogen-bond acceptors (Lipinski definition) is 4. The van der Waals surface area contributed by atoms with Crippen LogP contribution in [0.15, 0.2) is 18.2 Å².